The van der Waals surface area contributed by atoms with E-state index in [2.05, 4.69) is 0 Å². The van der Waals surface area contributed by atoms with Gasteiger partial charge in [-0.2, -0.15) is 0 Å². The smallest absolute Gasteiger partial charge is 0.148 e. The van der Waals surface area contributed by atoms with Gasteiger partial charge >= 0.3 is 0 Å². The molecule has 0 amide bonds. The predicted octanol–water partition coefficient (Wildman–Crippen LogP) is -0.714. The van der Waals surface area contributed by atoms with Crippen LogP contribution >= 0.6 is 0 Å². The van der Waals surface area contributed by atoms with Crippen LogP contribution in [0.3, 0.4) is 0 Å². The highest BCUT2D eigenvalue weighted by molar-refractivity contribution is 5.14. The van der Waals surface area contributed by atoms with Crippen molar-refractivity contribution >= 4 is 0 Å². The van der Waals surface area contributed by atoms with E-state index in [0.717, 1.165) is 0 Å². The molecule has 2 rings (SSSR count). The molecule has 12 heavy (non-hydrogen) atoms. The molecule has 0 unspecified atom stereocenters. The van der Waals surface area contributed by atoms with Gasteiger partial charge in [0.2, 0.25) is 0 Å². The Kier molecular flexibility index (Phi) is 1.55. The molecule has 0 aliphatic carbocycles. The SMILES string of the molecule is CC1(C)O[C@H]2CO[C@]1(CO)[C@H]2O. The number of fused-ring (bicyclic) bond motifs is 2. The first-order valence-corrected chi connectivity index (χ1v) is 4.14. The fourth-order valence-corrected chi connectivity index (χ4v) is 2.14. The summed E-state index contributed by atoms with van der Waals surface area (Å²) in [5, 5.41) is 18.9. The molecule has 0 aromatic rings. The van der Waals surface area contributed by atoms with Gasteiger partial charge < -0.3 is 19.7 Å². The highest BCUT2D eigenvalue weighted by Crippen LogP contribution is 2.47. The zero-order valence-electron chi connectivity index (χ0n) is 7.28. The van der Waals surface area contributed by atoms with Crippen molar-refractivity contribution in [3.05, 3.63) is 0 Å². The molecule has 2 N–H and O–H groups in total. The molecule has 0 aromatic heterocycles. The summed E-state index contributed by atoms with van der Waals surface area (Å²) in [4.78, 5) is 0. The van der Waals surface area contributed by atoms with Crippen molar-refractivity contribution in [2.45, 2.75) is 37.3 Å². The van der Waals surface area contributed by atoms with Crippen LogP contribution in [0.15, 0.2) is 0 Å². The Bertz CT molecular complexity index is 203. The van der Waals surface area contributed by atoms with Gasteiger partial charge in [0, 0.05) is 0 Å². The van der Waals surface area contributed by atoms with Crippen LogP contribution in [0.2, 0.25) is 0 Å². The number of hydrogen-bond donors (Lipinski definition) is 2. The minimum absolute atomic E-state index is 0.197. The molecule has 2 fully saturated rings. The van der Waals surface area contributed by atoms with Crippen LogP contribution in [0.25, 0.3) is 0 Å². The largest absolute Gasteiger partial charge is 0.393 e. The zero-order chi connectivity index (χ0) is 8.98. The van der Waals surface area contributed by atoms with Gasteiger partial charge in [0.1, 0.15) is 17.8 Å². The topological polar surface area (TPSA) is 58.9 Å². The maximum absolute atomic E-state index is 9.70. The Labute approximate surface area is 71.1 Å². The van der Waals surface area contributed by atoms with Crippen molar-refractivity contribution in [2.75, 3.05) is 13.2 Å². The van der Waals surface area contributed by atoms with Crippen LogP contribution in [0.4, 0.5) is 0 Å². The van der Waals surface area contributed by atoms with Crippen molar-refractivity contribution in [3.63, 3.8) is 0 Å². The Balaban J connectivity index is 2.37. The molecule has 2 bridgehead atoms. The quantitative estimate of drug-likeness (QED) is 0.551. The number of ether oxygens (including phenoxy) is 2. The first-order valence-electron chi connectivity index (χ1n) is 4.14. The monoisotopic (exact) mass is 174 g/mol. The minimum atomic E-state index is -0.905. The molecule has 70 valence electrons. The average Bonchev–Trinajstić information content (AvgIpc) is 2.39. The Morgan fingerprint density at radius 2 is 2.17 bits per heavy atom. The van der Waals surface area contributed by atoms with Crippen molar-refractivity contribution < 1.29 is 19.7 Å². The molecule has 3 atom stereocenters. The van der Waals surface area contributed by atoms with E-state index in [1.165, 1.54) is 0 Å². The van der Waals surface area contributed by atoms with Crippen LogP contribution < -0.4 is 0 Å². The summed E-state index contributed by atoms with van der Waals surface area (Å²) in [6, 6.07) is 0. The summed E-state index contributed by atoms with van der Waals surface area (Å²) >= 11 is 0. The lowest BCUT2D eigenvalue weighted by atomic mass is 9.84. The predicted molar refractivity (Wildman–Crippen MR) is 40.7 cm³/mol. The molecular formula is C8H14O4. The van der Waals surface area contributed by atoms with Crippen molar-refractivity contribution in [3.8, 4) is 0 Å². The molecule has 4 heteroatoms. The van der Waals surface area contributed by atoms with Crippen LogP contribution in [0, 0.1) is 0 Å². The van der Waals surface area contributed by atoms with E-state index < -0.39 is 17.3 Å². The summed E-state index contributed by atoms with van der Waals surface area (Å²) in [6.45, 7) is 3.83. The van der Waals surface area contributed by atoms with Crippen LogP contribution in [0.5, 0.6) is 0 Å². The van der Waals surface area contributed by atoms with E-state index in [9.17, 15) is 10.2 Å². The van der Waals surface area contributed by atoms with E-state index in [-0.39, 0.29) is 12.7 Å². The van der Waals surface area contributed by atoms with Gasteiger partial charge in [0.05, 0.1) is 18.8 Å². The molecule has 0 aromatic carbocycles. The van der Waals surface area contributed by atoms with E-state index in [0.29, 0.717) is 6.61 Å². The molecule has 2 saturated heterocycles. The normalized spacial score (nSPS) is 50.0. The molecule has 2 aliphatic rings. The Morgan fingerprint density at radius 3 is 2.42 bits per heavy atom. The molecule has 0 spiro atoms. The van der Waals surface area contributed by atoms with Crippen molar-refractivity contribution in [1.82, 2.24) is 0 Å². The van der Waals surface area contributed by atoms with Crippen molar-refractivity contribution in [1.29, 1.82) is 0 Å². The number of aliphatic hydroxyl groups is 2. The summed E-state index contributed by atoms with van der Waals surface area (Å²) in [6.07, 6.45) is -0.968. The van der Waals surface area contributed by atoms with Gasteiger partial charge in [-0.3, -0.25) is 0 Å². The summed E-state index contributed by atoms with van der Waals surface area (Å²) in [5.74, 6) is 0. The molecule has 0 radical (unpaired) electrons. The van der Waals surface area contributed by atoms with Gasteiger partial charge in [-0.25, -0.2) is 0 Å². The third-order valence-electron chi connectivity index (χ3n) is 3.04. The van der Waals surface area contributed by atoms with E-state index in [1.54, 1.807) is 0 Å². The van der Waals surface area contributed by atoms with E-state index >= 15 is 0 Å². The highest BCUT2D eigenvalue weighted by Gasteiger charge is 2.66. The van der Waals surface area contributed by atoms with Gasteiger partial charge in [-0.05, 0) is 13.8 Å². The van der Waals surface area contributed by atoms with Crippen molar-refractivity contribution in [2.24, 2.45) is 0 Å². The number of aliphatic hydroxyl groups excluding tert-OH is 2. The summed E-state index contributed by atoms with van der Waals surface area (Å²) in [7, 11) is 0. The Hall–Kier alpha value is -0.160. The van der Waals surface area contributed by atoms with Crippen LogP contribution in [-0.2, 0) is 9.47 Å². The molecule has 4 nitrogen and oxygen atoms in total. The minimum Gasteiger partial charge on any atom is -0.393 e. The summed E-state index contributed by atoms with van der Waals surface area (Å²) in [5.41, 5.74) is -1.50. The third kappa shape index (κ3) is 0.713. The average molecular weight is 174 g/mol. The lowest BCUT2D eigenvalue weighted by Gasteiger charge is -2.39. The van der Waals surface area contributed by atoms with Gasteiger partial charge in [-0.1, -0.05) is 0 Å². The fourth-order valence-electron chi connectivity index (χ4n) is 2.14. The second kappa shape index (κ2) is 2.20. The highest BCUT2D eigenvalue weighted by atomic mass is 16.7. The number of hydrogen-bond acceptors (Lipinski definition) is 4. The fraction of sp³-hybridized carbons (Fsp3) is 1.00. The molecule has 2 aliphatic heterocycles. The second-order valence-electron chi connectivity index (χ2n) is 3.97. The van der Waals surface area contributed by atoms with E-state index in [1.807, 2.05) is 13.8 Å². The Morgan fingerprint density at radius 1 is 1.50 bits per heavy atom. The van der Waals surface area contributed by atoms with Gasteiger partial charge in [0.25, 0.3) is 0 Å². The third-order valence-corrected chi connectivity index (χ3v) is 3.04. The first kappa shape index (κ1) is 8.44. The molecule has 0 saturated carbocycles. The zero-order valence-corrected chi connectivity index (χ0v) is 7.28. The lowest BCUT2D eigenvalue weighted by Crippen LogP contribution is -2.56. The maximum atomic E-state index is 9.70. The van der Waals surface area contributed by atoms with Gasteiger partial charge in [0.15, 0.2) is 0 Å². The lowest BCUT2D eigenvalue weighted by molar-refractivity contribution is -0.208. The van der Waals surface area contributed by atoms with Gasteiger partial charge in [-0.15, -0.1) is 0 Å². The number of rotatable bonds is 1. The molecule has 2 heterocycles. The summed E-state index contributed by atoms with van der Waals surface area (Å²) < 4.78 is 10.9. The molecular weight excluding hydrogens is 160 g/mol. The second-order valence-corrected chi connectivity index (χ2v) is 3.97. The maximum Gasteiger partial charge on any atom is 0.148 e. The first-order chi connectivity index (χ1) is 5.53. The van der Waals surface area contributed by atoms with Crippen LogP contribution in [-0.4, -0.2) is 46.8 Å². The standard InChI is InChI=1S/C8H14O4/c1-7(2)8(4-9)6(10)5(12-7)3-11-8/h5-6,9-10H,3-4H2,1-2H3/t5-,6-,8+/m0/s1. The van der Waals surface area contributed by atoms with E-state index in [4.69, 9.17) is 9.47 Å². The van der Waals surface area contributed by atoms with Crippen LogP contribution in [0.1, 0.15) is 13.8 Å².